The molecule has 7 heterocycles. The van der Waals surface area contributed by atoms with E-state index in [2.05, 4.69) is 41.9 Å². The number of alkyl halides is 1. The van der Waals surface area contributed by atoms with Crippen molar-refractivity contribution in [3.63, 3.8) is 0 Å². The minimum atomic E-state index is -0.899. The standard InChI is InChI=1S/C31H33F3N8O/c1-3-30-7-5-19(39-30)14-41(15-30)28-21-11-35-27(24-17(2)22(33)9-23-20(24)12-36-40-23)25(34)26(21)37-29(38-28)43-16-31-6-4-8-42(31)13-18(32)10-31/h3,9,11-12,18-19,39H,1,4-8,10,13-16H2,2H3,(H,36,40). The first-order chi connectivity index (χ1) is 20.8. The van der Waals surface area contributed by atoms with Crippen LogP contribution in [0.25, 0.3) is 33.1 Å². The normalized spacial score (nSPS) is 28.7. The van der Waals surface area contributed by atoms with Gasteiger partial charge in [0.15, 0.2) is 5.82 Å². The smallest absolute Gasteiger partial charge is 0.319 e. The molecule has 0 saturated carbocycles. The summed E-state index contributed by atoms with van der Waals surface area (Å²) in [6, 6.07) is 1.61. The molecule has 1 aromatic carbocycles. The highest BCUT2D eigenvalue weighted by atomic mass is 19.1. The zero-order valence-corrected chi connectivity index (χ0v) is 24.0. The summed E-state index contributed by atoms with van der Waals surface area (Å²) in [6.45, 7) is 8.39. The molecule has 43 heavy (non-hydrogen) atoms. The summed E-state index contributed by atoms with van der Waals surface area (Å²) in [5.41, 5.74) is 0.358. The second-order valence-electron chi connectivity index (χ2n) is 12.7. The number of hydrogen-bond acceptors (Lipinski definition) is 8. The molecule has 9 nitrogen and oxygen atoms in total. The van der Waals surface area contributed by atoms with Crippen LogP contribution in [0.2, 0.25) is 0 Å². The van der Waals surface area contributed by atoms with Gasteiger partial charge in [0.05, 0.1) is 28.2 Å². The monoisotopic (exact) mass is 590 g/mol. The second kappa shape index (κ2) is 9.62. The Hall–Kier alpha value is -3.77. The fourth-order valence-corrected chi connectivity index (χ4v) is 7.92. The maximum absolute atomic E-state index is 16.7. The van der Waals surface area contributed by atoms with Crippen LogP contribution in [0.4, 0.5) is 19.0 Å². The van der Waals surface area contributed by atoms with Gasteiger partial charge in [-0.25, -0.2) is 13.2 Å². The summed E-state index contributed by atoms with van der Waals surface area (Å²) in [7, 11) is 0. The van der Waals surface area contributed by atoms with Crippen molar-refractivity contribution >= 4 is 27.6 Å². The van der Waals surface area contributed by atoms with Crippen molar-refractivity contribution in [3.8, 4) is 17.3 Å². The van der Waals surface area contributed by atoms with Gasteiger partial charge in [0.2, 0.25) is 0 Å². The molecule has 12 heteroatoms. The van der Waals surface area contributed by atoms with E-state index in [1.165, 1.54) is 6.07 Å². The van der Waals surface area contributed by atoms with Crippen LogP contribution in [0.15, 0.2) is 31.1 Å². The van der Waals surface area contributed by atoms with Gasteiger partial charge in [-0.05, 0) is 50.8 Å². The summed E-state index contributed by atoms with van der Waals surface area (Å²) in [4.78, 5) is 18.2. The first kappa shape index (κ1) is 26.8. The van der Waals surface area contributed by atoms with Gasteiger partial charge >= 0.3 is 6.01 Å². The lowest BCUT2D eigenvalue weighted by Gasteiger charge is -2.40. The number of hydrogen-bond donors (Lipinski definition) is 2. The molecule has 4 aliphatic rings. The van der Waals surface area contributed by atoms with Crippen LogP contribution in [0.1, 0.15) is 37.7 Å². The number of H-pyrrole nitrogens is 1. The average Bonchev–Trinajstić information content (AvgIpc) is 3.76. The molecule has 4 aromatic rings. The van der Waals surface area contributed by atoms with Crippen LogP contribution < -0.4 is 15.0 Å². The molecule has 4 fully saturated rings. The quantitative estimate of drug-likeness (QED) is 0.315. The first-order valence-electron chi connectivity index (χ1n) is 15.0. The van der Waals surface area contributed by atoms with Crippen molar-refractivity contribution in [2.24, 2.45) is 0 Å². The molecule has 3 aromatic heterocycles. The Labute approximate surface area is 246 Å². The van der Waals surface area contributed by atoms with Gasteiger partial charge in [-0.3, -0.25) is 15.0 Å². The van der Waals surface area contributed by atoms with E-state index in [9.17, 15) is 8.78 Å². The number of fused-ring (bicyclic) bond motifs is 5. The molecule has 0 radical (unpaired) electrons. The molecule has 8 rings (SSSR count). The lowest BCUT2D eigenvalue weighted by Crippen LogP contribution is -2.58. The molecule has 4 atom stereocenters. The Bertz CT molecular complexity index is 1780. The number of rotatable bonds is 6. The van der Waals surface area contributed by atoms with E-state index in [4.69, 9.17) is 9.72 Å². The maximum Gasteiger partial charge on any atom is 0.319 e. The van der Waals surface area contributed by atoms with E-state index >= 15 is 4.39 Å². The van der Waals surface area contributed by atoms with Gasteiger partial charge < -0.3 is 15.0 Å². The highest BCUT2D eigenvalue weighted by Crippen LogP contribution is 2.42. The van der Waals surface area contributed by atoms with Crippen molar-refractivity contribution < 1.29 is 17.9 Å². The van der Waals surface area contributed by atoms with E-state index in [1.807, 2.05) is 6.08 Å². The Morgan fingerprint density at radius 2 is 2.07 bits per heavy atom. The molecule has 2 N–H and O–H groups in total. The van der Waals surface area contributed by atoms with E-state index < -0.39 is 23.3 Å². The number of halogens is 3. The van der Waals surface area contributed by atoms with Crippen LogP contribution >= 0.6 is 0 Å². The summed E-state index contributed by atoms with van der Waals surface area (Å²) >= 11 is 0. The van der Waals surface area contributed by atoms with Crippen molar-refractivity contribution in [1.82, 2.24) is 35.4 Å². The second-order valence-corrected chi connectivity index (χ2v) is 12.7. The van der Waals surface area contributed by atoms with Crippen molar-refractivity contribution in [2.75, 3.05) is 37.7 Å². The topological polar surface area (TPSA) is 95.1 Å². The van der Waals surface area contributed by atoms with Crippen molar-refractivity contribution in [1.29, 1.82) is 0 Å². The molecule has 224 valence electrons. The number of ether oxygens (including phenoxy) is 1. The molecule has 0 spiro atoms. The highest BCUT2D eigenvalue weighted by Gasteiger charge is 2.49. The predicted octanol–water partition coefficient (Wildman–Crippen LogP) is 4.61. The Kier molecular flexibility index (Phi) is 6.00. The number of piperazine rings is 1. The number of nitrogens with one attached hydrogen (secondary N) is 2. The summed E-state index contributed by atoms with van der Waals surface area (Å²) in [6.07, 6.45) is 8.30. The van der Waals surface area contributed by atoms with Gasteiger partial charge in [0.1, 0.15) is 35.6 Å². The molecule has 0 amide bonds. The van der Waals surface area contributed by atoms with Crippen LogP contribution in [0.5, 0.6) is 6.01 Å². The molecular formula is C31H33F3N8O. The Balaban J connectivity index is 1.26. The maximum atomic E-state index is 16.7. The van der Waals surface area contributed by atoms with E-state index in [1.54, 1.807) is 19.3 Å². The van der Waals surface area contributed by atoms with Crippen LogP contribution in [0.3, 0.4) is 0 Å². The first-order valence-corrected chi connectivity index (χ1v) is 15.0. The van der Waals surface area contributed by atoms with Crippen molar-refractivity contribution in [2.45, 2.75) is 62.3 Å². The fraction of sp³-hybridized carbons (Fsp3) is 0.484. The fourth-order valence-electron chi connectivity index (χ4n) is 7.92. The minimum absolute atomic E-state index is 0.0222. The molecule has 2 bridgehead atoms. The third kappa shape index (κ3) is 4.13. The van der Waals surface area contributed by atoms with Gasteiger partial charge in [-0.1, -0.05) is 6.08 Å². The zero-order valence-electron chi connectivity index (χ0n) is 24.0. The molecule has 0 aliphatic carbocycles. The van der Waals surface area contributed by atoms with Gasteiger partial charge in [-0.15, -0.1) is 6.58 Å². The largest absolute Gasteiger partial charge is 0.461 e. The van der Waals surface area contributed by atoms with Crippen LogP contribution in [-0.4, -0.2) is 86.1 Å². The van der Waals surface area contributed by atoms with E-state index in [-0.39, 0.29) is 41.0 Å². The Morgan fingerprint density at radius 1 is 1.19 bits per heavy atom. The van der Waals surface area contributed by atoms with Gasteiger partial charge in [0.25, 0.3) is 0 Å². The number of anilines is 1. The molecule has 4 aliphatic heterocycles. The average molecular weight is 591 g/mol. The number of pyridine rings is 1. The van der Waals surface area contributed by atoms with Gasteiger partial charge in [0, 0.05) is 49.2 Å². The SMILES string of the molecule is C=CC12CCC(CN(c3nc(OCC45CCCN4CC(F)C5)nc4c(F)c(-c5c(C)c(F)cc6[nH]ncc56)ncc34)C1)N2. The van der Waals surface area contributed by atoms with Crippen LogP contribution in [-0.2, 0) is 0 Å². The predicted molar refractivity (Wildman–Crippen MR) is 157 cm³/mol. The Morgan fingerprint density at radius 3 is 2.93 bits per heavy atom. The lowest BCUT2D eigenvalue weighted by atomic mass is 9.95. The van der Waals surface area contributed by atoms with Crippen molar-refractivity contribution in [3.05, 3.63) is 48.3 Å². The number of aromatic nitrogens is 5. The summed E-state index contributed by atoms with van der Waals surface area (Å²) < 4.78 is 52.3. The highest BCUT2D eigenvalue weighted by molar-refractivity contribution is 5.99. The third-order valence-corrected chi connectivity index (χ3v) is 10.1. The van der Waals surface area contributed by atoms with E-state index in [0.717, 1.165) is 32.2 Å². The molecule has 4 unspecified atom stereocenters. The third-order valence-electron chi connectivity index (χ3n) is 10.1. The minimum Gasteiger partial charge on any atom is -0.461 e. The van der Waals surface area contributed by atoms with Crippen LogP contribution in [0, 0.1) is 18.6 Å². The van der Waals surface area contributed by atoms with Gasteiger partial charge in [-0.2, -0.15) is 15.1 Å². The number of nitrogens with zero attached hydrogens (tertiary/aromatic N) is 6. The summed E-state index contributed by atoms with van der Waals surface area (Å²) in [5.74, 6) is -0.656. The van der Waals surface area contributed by atoms with E-state index in [0.29, 0.717) is 53.7 Å². The number of aromatic amines is 1. The molecular weight excluding hydrogens is 557 g/mol. The lowest BCUT2D eigenvalue weighted by molar-refractivity contribution is 0.107. The number of benzene rings is 1. The zero-order chi connectivity index (χ0) is 29.5. The molecule has 4 saturated heterocycles. The summed E-state index contributed by atoms with van der Waals surface area (Å²) in [5, 5.41) is 11.5.